The number of hydrogen-bond donors (Lipinski definition) is 2. The molecule has 6 heteroatoms. The van der Waals surface area contributed by atoms with Gasteiger partial charge in [-0.3, -0.25) is 0 Å². The Morgan fingerprint density at radius 1 is 1.15 bits per heavy atom. The van der Waals surface area contributed by atoms with Crippen LogP contribution >= 0.6 is 35.0 Å². The molecule has 0 spiro atoms. The molecule has 2 aromatic carbocycles. The molecule has 0 aliphatic carbocycles. The van der Waals surface area contributed by atoms with Crippen LogP contribution in [0.5, 0.6) is 5.75 Å². The molecule has 0 aliphatic rings. The molecule has 0 saturated heterocycles. The molecule has 3 rings (SSSR count). The predicted octanol–water partition coefficient (Wildman–Crippen LogP) is 6.15. The molecule has 26 heavy (non-hydrogen) atoms. The average Bonchev–Trinajstić information content (AvgIpc) is 3.00. The first-order valence-corrected chi connectivity index (χ1v) is 10.5. The Labute approximate surface area is 168 Å². The smallest absolute Gasteiger partial charge is 0.128 e. The quantitative estimate of drug-likeness (QED) is 0.363. The van der Waals surface area contributed by atoms with Gasteiger partial charge in [0.15, 0.2) is 0 Å². The maximum absolute atomic E-state index is 6.46. The fourth-order valence-electron chi connectivity index (χ4n) is 3.22. The van der Waals surface area contributed by atoms with E-state index in [1.54, 1.807) is 24.9 Å². The number of fused-ring (bicyclic) bond motifs is 1. The molecular weight excluding hydrogens is 387 g/mol. The molecule has 0 radical (unpaired) electrons. The van der Waals surface area contributed by atoms with Crippen molar-refractivity contribution in [2.24, 2.45) is 5.73 Å². The van der Waals surface area contributed by atoms with Crippen LogP contribution in [0.4, 0.5) is 0 Å². The van der Waals surface area contributed by atoms with Gasteiger partial charge in [-0.15, -0.1) is 11.8 Å². The molecule has 0 amide bonds. The number of hydrogen-bond acceptors (Lipinski definition) is 3. The first-order valence-electron chi connectivity index (χ1n) is 8.51. The Balaban J connectivity index is 2.24. The van der Waals surface area contributed by atoms with Gasteiger partial charge in [0.25, 0.3) is 0 Å². The molecule has 0 saturated carbocycles. The van der Waals surface area contributed by atoms with Crippen molar-refractivity contribution in [1.29, 1.82) is 0 Å². The van der Waals surface area contributed by atoms with Crippen molar-refractivity contribution >= 4 is 45.9 Å². The molecule has 1 aromatic heterocycles. The van der Waals surface area contributed by atoms with Gasteiger partial charge in [0, 0.05) is 20.9 Å². The number of unbranched alkanes of at least 4 members (excludes halogenated alkanes) is 1. The number of benzene rings is 2. The van der Waals surface area contributed by atoms with Gasteiger partial charge in [-0.2, -0.15) is 0 Å². The van der Waals surface area contributed by atoms with Gasteiger partial charge < -0.3 is 15.5 Å². The van der Waals surface area contributed by atoms with E-state index in [9.17, 15) is 0 Å². The highest BCUT2D eigenvalue weighted by Gasteiger charge is 2.19. The number of nitrogens with two attached hydrogens (primary N) is 1. The minimum absolute atomic E-state index is 0.624. The lowest BCUT2D eigenvalue weighted by atomic mass is 9.99. The van der Waals surface area contributed by atoms with E-state index >= 15 is 0 Å². The van der Waals surface area contributed by atoms with Gasteiger partial charge in [0.05, 0.1) is 23.3 Å². The van der Waals surface area contributed by atoms with Crippen LogP contribution in [-0.2, 0) is 6.42 Å². The van der Waals surface area contributed by atoms with Crippen molar-refractivity contribution in [2.75, 3.05) is 19.9 Å². The molecule has 0 aliphatic heterocycles. The van der Waals surface area contributed by atoms with E-state index in [0.717, 1.165) is 47.2 Å². The van der Waals surface area contributed by atoms with Crippen LogP contribution in [0.3, 0.4) is 0 Å². The second-order valence-corrected chi connectivity index (χ2v) is 7.82. The molecule has 1 heterocycles. The number of rotatable bonds is 7. The lowest BCUT2D eigenvalue weighted by molar-refractivity contribution is 0.416. The van der Waals surface area contributed by atoms with E-state index in [1.807, 2.05) is 12.1 Å². The van der Waals surface area contributed by atoms with Crippen molar-refractivity contribution in [3.05, 3.63) is 45.9 Å². The van der Waals surface area contributed by atoms with Crippen LogP contribution in [-0.4, -0.2) is 24.9 Å². The van der Waals surface area contributed by atoms with E-state index in [2.05, 4.69) is 23.4 Å². The first-order chi connectivity index (χ1) is 12.6. The van der Waals surface area contributed by atoms with Crippen LogP contribution in [0.15, 0.2) is 35.2 Å². The Hall–Kier alpha value is -1.33. The molecule has 3 N–H and O–H groups in total. The fourth-order valence-corrected chi connectivity index (χ4v) is 4.20. The Morgan fingerprint density at radius 2 is 1.96 bits per heavy atom. The zero-order valence-electron chi connectivity index (χ0n) is 14.9. The molecule has 3 nitrogen and oxygen atoms in total. The Bertz CT molecular complexity index is 924. The third-order valence-electron chi connectivity index (χ3n) is 4.49. The highest BCUT2D eigenvalue weighted by Crippen LogP contribution is 2.41. The minimum Gasteiger partial charge on any atom is -0.496 e. The van der Waals surface area contributed by atoms with Crippen molar-refractivity contribution < 1.29 is 4.74 Å². The summed E-state index contributed by atoms with van der Waals surface area (Å²) in [6, 6.07) is 9.96. The number of methoxy groups -OCH3 is 1. The van der Waals surface area contributed by atoms with E-state index in [0.29, 0.717) is 16.6 Å². The van der Waals surface area contributed by atoms with Gasteiger partial charge in [-0.1, -0.05) is 23.2 Å². The second-order valence-electron chi connectivity index (χ2n) is 6.10. The van der Waals surface area contributed by atoms with Gasteiger partial charge in [-0.25, -0.2) is 0 Å². The summed E-state index contributed by atoms with van der Waals surface area (Å²) in [6.45, 7) is 0.685. The monoisotopic (exact) mass is 408 g/mol. The van der Waals surface area contributed by atoms with Gasteiger partial charge in [0.2, 0.25) is 0 Å². The summed E-state index contributed by atoms with van der Waals surface area (Å²) in [5.74, 6) is 0.830. The standard InChI is InChI=1S/C20H22Cl2N2OS/c1-25-18-7-6-13(26-2)11-16(18)19-14(5-3-4-8-23)15-9-12(21)10-17(22)20(15)24-19/h6-7,9-11,24H,3-5,8,23H2,1-2H3. The lowest BCUT2D eigenvalue weighted by Crippen LogP contribution is -1.99. The number of thioether (sulfide) groups is 1. The molecule has 0 unspecified atom stereocenters. The summed E-state index contributed by atoms with van der Waals surface area (Å²) in [7, 11) is 1.69. The average molecular weight is 409 g/mol. The molecular formula is C20H22Cl2N2OS. The molecule has 0 fully saturated rings. The highest BCUT2D eigenvalue weighted by atomic mass is 35.5. The first kappa shape index (κ1) is 19.4. The Morgan fingerprint density at radius 3 is 2.65 bits per heavy atom. The van der Waals surface area contributed by atoms with Crippen LogP contribution in [0.25, 0.3) is 22.2 Å². The van der Waals surface area contributed by atoms with Crippen molar-refractivity contribution in [2.45, 2.75) is 24.2 Å². The number of aromatic nitrogens is 1. The van der Waals surface area contributed by atoms with Crippen molar-refractivity contribution in [3.8, 4) is 17.0 Å². The number of nitrogens with one attached hydrogen (secondary N) is 1. The summed E-state index contributed by atoms with van der Waals surface area (Å²) in [6.07, 6.45) is 4.94. The van der Waals surface area contributed by atoms with Crippen molar-refractivity contribution in [1.82, 2.24) is 4.98 Å². The normalized spacial score (nSPS) is 11.3. The summed E-state index contributed by atoms with van der Waals surface area (Å²) in [5.41, 5.74) is 9.87. The van der Waals surface area contributed by atoms with Gasteiger partial charge in [-0.05, 0) is 68.0 Å². The summed E-state index contributed by atoms with van der Waals surface area (Å²) in [4.78, 5) is 4.70. The zero-order chi connectivity index (χ0) is 18.7. The lowest BCUT2D eigenvalue weighted by Gasteiger charge is -2.11. The van der Waals surface area contributed by atoms with Crippen LogP contribution < -0.4 is 10.5 Å². The van der Waals surface area contributed by atoms with E-state index in [1.165, 1.54) is 10.5 Å². The predicted molar refractivity (Wildman–Crippen MR) is 114 cm³/mol. The number of H-pyrrole nitrogens is 1. The molecule has 138 valence electrons. The van der Waals surface area contributed by atoms with Gasteiger partial charge in [0.1, 0.15) is 5.75 Å². The van der Waals surface area contributed by atoms with Crippen LogP contribution in [0.2, 0.25) is 10.0 Å². The summed E-state index contributed by atoms with van der Waals surface area (Å²) < 4.78 is 5.62. The number of ether oxygens (including phenoxy) is 1. The number of aromatic amines is 1. The Kier molecular flexibility index (Phi) is 6.41. The number of halogens is 2. The maximum Gasteiger partial charge on any atom is 0.128 e. The topological polar surface area (TPSA) is 51.0 Å². The van der Waals surface area contributed by atoms with E-state index in [-0.39, 0.29) is 0 Å². The largest absolute Gasteiger partial charge is 0.496 e. The second kappa shape index (κ2) is 8.57. The van der Waals surface area contributed by atoms with Crippen LogP contribution in [0, 0.1) is 0 Å². The van der Waals surface area contributed by atoms with E-state index in [4.69, 9.17) is 33.7 Å². The number of aryl methyl sites for hydroxylation is 1. The van der Waals surface area contributed by atoms with Gasteiger partial charge >= 0.3 is 0 Å². The summed E-state index contributed by atoms with van der Waals surface area (Å²) >= 11 is 14.4. The maximum atomic E-state index is 6.46. The van der Waals surface area contributed by atoms with Crippen molar-refractivity contribution in [3.63, 3.8) is 0 Å². The zero-order valence-corrected chi connectivity index (χ0v) is 17.2. The third kappa shape index (κ3) is 3.84. The summed E-state index contributed by atoms with van der Waals surface area (Å²) in [5, 5.41) is 2.32. The SMILES string of the molecule is COc1ccc(SC)cc1-c1[nH]c2c(Cl)cc(Cl)cc2c1CCCCN. The third-order valence-corrected chi connectivity index (χ3v) is 5.73. The molecule has 0 bridgehead atoms. The molecule has 3 aromatic rings. The van der Waals surface area contributed by atoms with E-state index < -0.39 is 0 Å². The highest BCUT2D eigenvalue weighted by molar-refractivity contribution is 7.98. The fraction of sp³-hybridized carbons (Fsp3) is 0.300. The minimum atomic E-state index is 0.624. The molecule has 0 atom stereocenters. The van der Waals surface area contributed by atoms with Crippen LogP contribution in [0.1, 0.15) is 18.4 Å².